The second kappa shape index (κ2) is 4.16. The normalized spacial score (nSPS) is 9.25. The molecule has 0 radical (unpaired) electrons. The van der Waals surface area contributed by atoms with E-state index in [-0.39, 0.29) is 0 Å². The molecule has 0 saturated heterocycles. The van der Waals surface area contributed by atoms with E-state index in [0.29, 0.717) is 0 Å². The Morgan fingerprint density at radius 3 is 2.75 bits per heavy atom. The molecule has 0 atom stereocenters. The van der Waals surface area contributed by atoms with Gasteiger partial charge in [0.15, 0.2) is 0 Å². The number of rotatable bonds is 0. The zero-order valence-electron chi connectivity index (χ0n) is 7.53. The van der Waals surface area contributed by atoms with Gasteiger partial charge in [-0.1, -0.05) is 13.8 Å². The number of pyridine rings is 1. The van der Waals surface area contributed by atoms with Gasteiger partial charge in [-0.05, 0) is 30.6 Å². The number of fused-ring (bicyclic) bond motifs is 1. The van der Waals surface area contributed by atoms with Crippen molar-refractivity contribution in [2.45, 2.75) is 20.8 Å². The van der Waals surface area contributed by atoms with Gasteiger partial charge in [-0.2, -0.15) is 4.37 Å². The molecule has 0 spiro atoms. The van der Waals surface area contributed by atoms with Gasteiger partial charge in [0.05, 0.1) is 0 Å². The molecule has 2 nitrogen and oxygen atoms in total. The summed E-state index contributed by atoms with van der Waals surface area (Å²) in [6, 6.07) is 3.88. The Bertz CT molecular complexity index is 354. The first-order valence-electron chi connectivity index (χ1n) is 4.05. The summed E-state index contributed by atoms with van der Waals surface area (Å²) in [6.07, 6.45) is 1.80. The highest BCUT2D eigenvalue weighted by Crippen LogP contribution is 2.17. The van der Waals surface area contributed by atoms with Crippen LogP contribution in [0.2, 0.25) is 0 Å². The van der Waals surface area contributed by atoms with Crippen molar-refractivity contribution in [3.05, 3.63) is 23.2 Å². The van der Waals surface area contributed by atoms with Gasteiger partial charge >= 0.3 is 0 Å². The monoisotopic (exact) mass is 180 g/mol. The predicted octanol–water partition coefficient (Wildman–Crippen LogP) is 3.03. The van der Waals surface area contributed by atoms with Crippen LogP contribution in [-0.2, 0) is 0 Å². The lowest BCUT2D eigenvalue weighted by Gasteiger charge is -1.83. The zero-order valence-corrected chi connectivity index (χ0v) is 8.35. The highest BCUT2D eigenvalue weighted by molar-refractivity contribution is 7.07. The van der Waals surface area contributed by atoms with Gasteiger partial charge in [-0.15, -0.1) is 0 Å². The first-order chi connectivity index (χ1) is 5.88. The van der Waals surface area contributed by atoms with Gasteiger partial charge in [0.25, 0.3) is 0 Å². The molecular formula is C9H12N2S. The second-order valence-electron chi connectivity index (χ2n) is 2.11. The van der Waals surface area contributed by atoms with Crippen molar-refractivity contribution in [1.82, 2.24) is 9.36 Å². The van der Waals surface area contributed by atoms with Crippen molar-refractivity contribution in [2.24, 2.45) is 0 Å². The molecule has 12 heavy (non-hydrogen) atoms. The molecule has 64 valence electrons. The molecule has 0 aromatic carbocycles. The molecule has 3 heteroatoms. The summed E-state index contributed by atoms with van der Waals surface area (Å²) in [5.74, 6) is 0. The van der Waals surface area contributed by atoms with Crippen LogP contribution in [0.4, 0.5) is 0 Å². The molecule has 2 rings (SSSR count). The topological polar surface area (TPSA) is 25.8 Å². The minimum absolute atomic E-state index is 1.00. The van der Waals surface area contributed by atoms with E-state index in [1.54, 1.807) is 6.20 Å². The van der Waals surface area contributed by atoms with E-state index < -0.39 is 0 Å². The molecule has 0 saturated carbocycles. The lowest BCUT2D eigenvalue weighted by Crippen LogP contribution is -1.72. The van der Waals surface area contributed by atoms with E-state index in [1.807, 2.05) is 32.9 Å². The Labute approximate surface area is 76.4 Å². The van der Waals surface area contributed by atoms with E-state index in [4.69, 9.17) is 0 Å². The Kier molecular flexibility index (Phi) is 3.17. The summed E-state index contributed by atoms with van der Waals surface area (Å²) in [5.41, 5.74) is 2.04. The van der Waals surface area contributed by atoms with Gasteiger partial charge in [0, 0.05) is 11.1 Å². The van der Waals surface area contributed by atoms with E-state index in [0.717, 1.165) is 11.0 Å². The molecule has 2 aromatic rings. The van der Waals surface area contributed by atoms with Crippen molar-refractivity contribution in [3.8, 4) is 0 Å². The quantitative estimate of drug-likeness (QED) is 0.622. The summed E-state index contributed by atoms with van der Waals surface area (Å²) in [5, 5.41) is 0. The highest BCUT2D eigenvalue weighted by Gasteiger charge is 1.99. The third-order valence-corrected chi connectivity index (χ3v) is 2.16. The van der Waals surface area contributed by atoms with Crippen molar-refractivity contribution in [2.75, 3.05) is 0 Å². The van der Waals surface area contributed by atoms with Crippen molar-refractivity contribution in [1.29, 1.82) is 0 Å². The molecule has 2 heterocycles. The summed E-state index contributed by atoms with van der Waals surface area (Å²) in [6.45, 7) is 6.03. The lowest BCUT2D eigenvalue weighted by molar-refractivity contribution is 1.39. The SMILES string of the molecule is CC.Cc1snc2cccnc12. The minimum Gasteiger partial charge on any atom is -0.253 e. The number of nitrogens with zero attached hydrogens (tertiary/aromatic N) is 2. The van der Waals surface area contributed by atoms with E-state index in [1.165, 1.54) is 16.4 Å². The van der Waals surface area contributed by atoms with Crippen LogP contribution in [0.1, 0.15) is 18.7 Å². The van der Waals surface area contributed by atoms with Crippen LogP contribution in [0.3, 0.4) is 0 Å². The third-order valence-electron chi connectivity index (χ3n) is 1.40. The molecule has 0 aliphatic heterocycles. The van der Waals surface area contributed by atoms with Crippen LogP contribution in [0.25, 0.3) is 11.0 Å². The number of hydrogen-bond acceptors (Lipinski definition) is 3. The summed E-state index contributed by atoms with van der Waals surface area (Å²) in [7, 11) is 0. The molecule has 2 aromatic heterocycles. The molecule has 0 fully saturated rings. The van der Waals surface area contributed by atoms with Crippen LogP contribution < -0.4 is 0 Å². The summed E-state index contributed by atoms with van der Waals surface area (Å²) >= 11 is 1.51. The van der Waals surface area contributed by atoms with Gasteiger partial charge < -0.3 is 0 Å². The third kappa shape index (κ3) is 1.61. The number of hydrogen-bond donors (Lipinski definition) is 0. The average molecular weight is 180 g/mol. The molecule has 0 aliphatic carbocycles. The molecule has 0 bridgehead atoms. The molecular weight excluding hydrogens is 168 g/mol. The van der Waals surface area contributed by atoms with Gasteiger partial charge in [-0.3, -0.25) is 4.98 Å². The van der Waals surface area contributed by atoms with Crippen LogP contribution in [0, 0.1) is 6.92 Å². The fraction of sp³-hybridized carbons (Fsp3) is 0.333. The van der Waals surface area contributed by atoms with Crippen LogP contribution in [-0.4, -0.2) is 9.36 Å². The smallest absolute Gasteiger partial charge is 0.104 e. The minimum atomic E-state index is 1.00. The fourth-order valence-electron chi connectivity index (χ4n) is 0.903. The van der Waals surface area contributed by atoms with Crippen molar-refractivity contribution >= 4 is 22.6 Å². The maximum absolute atomic E-state index is 4.20. The maximum atomic E-state index is 4.20. The Morgan fingerprint density at radius 1 is 1.33 bits per heavy atom. The van der Waals surface area contributed by atoms with Gasteiger partial charge in [0.1, 0.15) is 11.0 Å². The summed E-state index contributed by atoms with van der Waals surface area (Å²) < 4.78 is 4.20. The zero-order chi connectivity index (χ0) is 8.97. The van der Waals surface area contributed by atoms with E-state index in [2.05, 4.69) is 9.36 Å². The molecule has 0 N–H and O–H groups in total. The van der Waals surface area contributed by atoms with Gasteiger partial charge in [-0.25, -0.2) is 0 Å². The van der Waals surface area contributed by atoms with Gasteiger partial charge in [0.2, 0.25) is 0 Å². The van der Waals surface area contributed by atoms with Crippen molar-refractivity contribution < 1.29 is 0 Å². The van der Waals surface area contributed by atoms with E-state index in [9.17, 15) is 0 Å². The van der Waals surface area contributed by atoms with Crippen LogP contribution in [0.5, 0.6) is 0 Å². The summed E-state index contributed by atoms with van der Waals surface area (Å²) in [4.78, 5) is 5.38. The largest absolute Gasteiger partial charge is 0.253 e. The first kappa shape index (κ1) is 9.13. The second-order valence-corrected chi connectivity index (χ2v) is 3.09. The molecule has 0 unspecified atom stereocenters. The number of aryl methyl sites for hydroxylation is 1. The van der Waals surface area contributed by atoms with Crippen molar-refractivity contribution in [3.63, 3.8) is 0 Å². The predicted molar refractivity (Wildman–Crippen MR) is 53.5 cm³/mol. The number of aromatic nitrogens is 2. The highest BCUT2D eigenvalue weighted by atomic mass is 32.1. The molecule has 0 aliphatic rings. The first-order valence-corrected chi connectivity index (χ1v) is 4.82. The Hall–Kier alpha value is -0.960. The Balaban J connectivity index is 0.000000336. The fourth-order valence-corrected chi connectivity index (χ4v) is 1.53. The standard InChI is InChI=1S/C7H6N2S.C2H6/c1-5-7-6(9-10-5)3-2-4-8-7;1-2/h2-4H,1H3;1-2H3. The van der Waals surface area contributed by atoms with Crippen LogP contribution >= 0.6 is 11.5 Å². The van der Waals surface area contributed by atoms with E-state index >= 15 is 0 Å². The van der Waals surface area contributed by atoms with Crippen LogP contribution in [0.15, 0.2) is 18.3 Å². The maximum Gasteiger partial charge on any atom is 0.104 e. The Morgan fingerprint density at radius 2 is 2.08 bits per heavy atom. The lowest BCUT2D eigenvalue weighted by atomic mass is 10.3. The average Bonchev–Trinajstić information content (AvgIpc) is 2.53. The molecule has 0 amide bonds.